The summed E-state index contributed by atoms with van der Waals surface area (Å²) in [5.41, 5.74) is 4.29. The van der Waals surface area contributed by atoms with Crippen LogP contribution in [0.3, 0.4) is 0 Å². The highest BCUT2D eigenvalue weighted by Gasteiger charge is 2.36. The van der Waals surface area contributed by atoms with Crippen LogP contribution in [-0.2, 0) is 41.5 Å². The lowest BCUT2D eigenvalue weighted by Gasteiger charge is -2.32. The van der Waals surface area contributed by atoms with Crippen molar-refractivity contribution >= 4 is 41.4 Å². The highest BCUT2D eigenvalue weighted by atomic mass is 16.6. The zero-order chi connectivity index (χ0) is 58.6. The SMILES string of the molecule is CCCCc1ccc(-c2ccc(C(=O)C[C@@H](CCCCNC(=O)OC(C)(C)C)C(=O)N(C)[C@@H]3C(=O)C[C@@H](C)C(=O)N[C@H](C(=O)CCC#N)Cc4ccc(OCCNC(=O)OC(C)(C)C)c(c4)-c4cc3ccc4OCCC)cc2)cc1. The number of fused-ring (bicyclic) bond motifs is 5. The third-order valence-corrected chi connectivity index (χ3v) is 13.5. The zero-order valence-electron chi connectivity index (χ0n) is 48.6. The predicted octanol–water partition coefficient (Wildman–Crippen LogP) is 11.6. The standard InChI is InChI=1S/C64H83N5O11/c1-11-13-17-43-20-23-45(24-21-43)46-25-27-47(28-26-46)54(71)41-49(18-14-15-33-66-61(75)79-63(4,5)6)60(74)69(10)58-48-29-31-57(77-35-12-2)51(40-48)50-38-44(22-30-56(50)78-36-34-67-62(76)80-64(7,8)9)39-52(53(70)19-16-32-65)68-59(73)42(3)37-55(58)72/h20-31,38,40,42,49,52,58H,11-19,33-37,39,41H2,1-10H3,(H,66,75)(H,67,76)(H,68,73)/t42-,49-,52+,58+/m1/s1. The number of rotatable bonds is 24. The van der Waals surface area contributed by atoms with E-state index in [0.717, 1.165) is 30.4 Å². The number of hydrogen-bond donors (Lipinski definition) is 3. The third-order valence-electron chi connectivity index (χ3n) is 13.5. The van der Waals surface area contributed by atoms with Crippen molar-refractivity contribution in [2.24, 2.45) is 11.8 Å². The summed E-state index contributed by atoms with van der Waals surface area (Å²) in [6.07, 6.45) is 3.22. The maximum absolute atomic E-state index is 15.3. The molecule has 16 heteroatoms. The number of carbonyl (C=O) groups excluding carboxylic acids is 7. The molecule has 4 atom stereocenters. The van der Waals surface area contributed by atoms with E-state index in [4.69, 9.17) is 18.9 Å². The van der Waals surface area contributed by atoms with Crippen LogP contribution in [0.15, 0.2) is 84.9 Å². The fourth-order valence-electron chi connectivity index (χ4n) is 9.40. The minimum absolute atomic E-state index is 0.0201. The molecule has 80 heavy (non-hydrogen) atoms. The van der Waals surface area contributed by atoms with Gasteiger partial charge in [0.15, 0.2) is 17.3 Å². The maximum atomic E-state index is 15.3. The molecule has 0 aliphatic carbocycles. The number of aryl methyl sites for hydroxylation is 1. The van der Waals surface area contributed by atoms with Gasteiger partial charge in [0, 0.05) is 67.8 Å². The second-order valence-corrected chi connectivity index (χ2v) is 22.7. The summed E-state index contributed by atoms with van der Waals surface area (Å²) < 4.78 is 23.5. The number of carbonyl (C=O) groups is 7. The summed E-state index contributed by atoms with van der Waals surface area (Å²) in [4.78, 5) is 99.0. The summed E-state index contributed by atoms with van der Waals surface area (Å²) in [6, 6.07) is 26.0. The van der Waals surface area contributed by atoms with E-state index in [2.05, 4.69) is 47.1 Å². The van der Waals surface area contributed by atoms with Crippen molar-refractivity contribution in [2.75, 3.05) is 33.4 Å². The number of ketones is 3. The smallest absolute Gasteiger partial charge is 0.407 e. The Morgan fingerprint density at radius 2 is 1.34 bits per heavy atom. The molecule has 0 radical (unpaired) electrons. The van der Waals surface area contributed by atoms with Crippen molar-refractivity contribution in [3.05, 3.63) is 107 Å². The first-order valence-corrected chi connectivity index (χ1v) is 28.2. The monoisotopic (exact) mass is 1100 g/mol. The molecule has 0 fully saturated rings. The quantitative estimate of drug-likeness (QED) is 0.0441. The van der Waals surface area contributed by atoms with Crippen molar-refractivity contribution < 1.29 is 52.5 Å². The molecular weight excluding hydrogens is 1010 g/mol. The third kappa shape index (κ3) is 19.7. The molecule has 1 aliphatic rings. The Morgan fingerprint density at radius 1 is 0.738 bits per heavy atom. The summed E-state index contributed by atoms with van der Waals surface area (Å²) in [5, 5.41) is 17.7. The molecule has 0 spiro atoms. The molecule has 0 saturated heterocycles. The lowest BCUT2D eigenvalue weighted by atomic mass is 9.87. The Labute approximate surface area is 473 Å². The summed E-state index contributed by atoms with van der Waals surface area (Å²) in [6.45, 7) is 17.0. The van der Waals surface area contributed by atoms with Gasteiger partial charge < -0.3 is 39.8 Å². The number of nitriles is 1. The van der Waals surface area contributed by atoms with E-state index in [1.165, 1.54) is 17.5 Å². The van der Waals surface area contributed by atoms with Gasteiger partial charge in [-0.3, -0.25) is 24.0 Å². The predicted molar refractivity (Wildman–Crippen MR) is 308 cm³/mol. The largest absolute Gasteiger partial charge is 0.493 e. The van der Waals surface area contributed by atoms with Crippen molar-refractivity contribution in [1.82, 2.24) is 20.9 Å². The van der Waals surface area contributed by atoms with Crippen LogP contribution in [-0.4, -0.2) is 96.8 Å². The molecule has 4 aromatic rings. The number of alkyl carbamates (subject to hydrolysis) is 2. The lowest BCUT2D eigenvalue weighted by molar-refractivity contribution is -0.142. The van der Waals surface area contributed by atoms with Gasteiger partial charge in [0.25, 0.3) is 0 Å². The average Bonchev–Trinajstić information content (AvgIpc) is 3.45. The Morgan fingerprint density at radius 3 is 1.95 bits per heavy atom. The van der Waals surface area contributed by atoms with Gasteiger partial charge >= 0.3 is 12.2 Å². The molecule has 0 unspecified atom stereocenters. The van der Waals surface area contributed by atoms with Crippen molar-refractivity contribution in [3.8, 4) is 39.8 Å². The second-order valence-electron chi connectivity index (χ2n) is 22.7. The van der Waals surface area contributed by atoms with Gasteiger partial charge in [-0.05, 0) is 132 Å². The normalized spacial score (nSPS) is 15.9. The minimum Gasteiger partial charge on any atom is -0.493 e. The first-order valence-electron chi connectivity index (χ1n) is 28.2. The van der Waals surface area contributed by atoms with Gasteiger partial charge in [0.05, 0.1) is 25.3 Å². The highest BCUT2D eigenvalue weighted by molar-refractivity contribution is 6.00. The second kappa shape index (κ2) is 30.2. The Hall–Kier alpha value is -7.54. The van der Waals surface area contributed by atoms with Gasteiger partial charge in [-0.2, -0.15) is 5.26 Å². The van der Waals surface area contributed by atoms with Crippen molar-refractivity contribution in [3.63, 3.8) is 0 Å². The number of Topliss-reactive ketones (excluding diaryl/α,β-unsaturated/α-hetero) is 3. The molecule has 430 valence electrons. The number of hydrogen-bond acceptors (Lipinski definition) is 12. The first-order chi connectivity index (χ1) is 38.0. The molecule has 4 amide bonds. The number of amides is 4. The number of unbranched alkanes of at least 4 members (excludes halogenated alkanes) is 2. The van der Waals surface area contributed by atoms with Gasteiger partial charge in [0.2, 0.25) is 11.8 Å². The van der Waals surface area contributed by atoms with Crippen LogP contribution in [0.2, 0.25) is 0 Å². The van der Waals surface area contributed by atoms with Crippen LogP contribution < -0.4 is 25.4 Å². The van der Waals surface area contributed by atoms with E-state index in [-0.39, 0.29) is 69.8 Å². The van der Waals surface area contributed by atoms with E-state index in [0.29, 0.717) is 65.2 Å². The van der Waals surface area contributed by atoms with Crippen LogP contribution in [0.25, 0.3) is 22.3 Å². The van der Waals surface area contributed by atoms with Crippen LogP contribution in [0.5, 0.6) is 11.5 Å². The Bertz CT molecular complexity index is 2810. The fraction of sp³-hybridized carbons (Fsp3) is 0.500. The van der Waals surface area contributed by atoms with Gasteiger partial charge in [-0.1, -0.05) is 94.3 Å². The molecule has 1 heterocycles. The number of ether oxygens (including phenoxy) is 4. The number of benzene rings is 4. The number of nitrogens with one attached hydrogen (secondary N) is 3. The van der Waals surface area contributed by atoms with Crippen LogP contribution >= 0.6 is 0 Å². The van der Waals surface area contributed by atoms with Crippen molar-refractivity contribution in [1.29, 1.82) is 5.26 Å². The Kier molecular flexibility index (Phi) is 23.9. The highest BCUT2D eigenvalue weighted by Crippen LogP contribution is 2.41. The van der Waals surface area contributed by atoms with Gasteiger partial charge in [-0.25, -0.2) is 9.59 Å². The number of nitrogens with zero attached hydrogens (tertiary/aromatic N) is 2. The number of likely N-dealkylation sites (N-methyl/N-ethyl adjacent to an activating group) is 1. The maximum Gasteiger partial charge on any atom is 0.407 e. The topological polar surface area (TPSA) is 220 Å². The van der Waals surface area contributed by atoms with E-state index < -0.39 is 64.9 Å². The van der Waals surface area contributed by atoms with Gasteiger partial charge in [0.1, 0.15) is 35.3 Å². The lowest BCUT2D eigenvalue weighted by Crippen LogP contribution is -2.45. The van der Waals surface area contributed by atoms with E-state index in [9.17, 15) is 29.2 Å². The van der Waals surface area contributed by atoms with Crippen LogP contribution in [0, 0.1) is 23.2 Å². The molecule has 3 N–H and O–H groups in total. The minimum atomic E-state index is -1.28. The molecule has 4 aromatic carbocycles. The zero-order valence-corrected chi connectivity index (χ0v) is 48.6. The Balaban J connectivity index is 1.57. The summed E-state index contributed by atoms with van der Waals surface area (Å²) >= 11 is 0. The van der Waals surface area contributed by atoms with E-state index in [1.807, 2.05) is 31.2 Å². The molecule has 0 saturated carbocycles. The molecule has 5 rings (SSSR count). The molecule has 4 bridgehead atoms. The summed E-state index contributed by atoms with van der Waals surface area (Å²) in [7, 11) is 1.53. The molecule has 16 nitrogen and oxygen atoms in total. The molecule has 1 aliphatic heterocycles. The average molecular weight is 1100 g/mol. The van der Waals surface area contributed by atoms with E-state index in [1.54, 1.807) is 90.9 Å². The fourth-order valence-corrected chi connectivity index (χ4v) is 9.40. The van der Waals surface area contributed by atoms with E-state index >= 15 is 9.59 Å². The van der Waals surface area contributed by atoms with Crippen molar-refractivity contribution in [2.45, 2.75) is 163 Å². The molecular formula is C64H83N5O11. The van der Waals surface area contributed by atoms with Gasteiger partial charge in [-0.15, -0.1) is 0 Å². The summed E-state index contributed by atoms with van der Waals surface area (Å²) in [5.74, 6) is -3.18. The first kappa shape index (κ1) is 63.3. The van der Waals surface area contributed by atoms with Crippen LogP contribution in [0.1, 0.15) is 160 Å². The van der Waals surface area contributed by atoms with Crippen LogP contribution in [0.4, 0.5) is 9.59 Å². The molecule has 0 aromatic heterocycles.